The van der Waals surface area contributed by atoms with Gasteiger partial charge < -0.3 is 15.2 Å². The summed E-state index contributed by atoms with van der Waals surface area (Å²) >= 11 is 0. The van der Waals surface area contributed by atoms with Gasteiger partial charge in [-0.1, -0.05) is 0 Å². The molecule has 0 rings (SSSR count). The molecule has 9 heavy (non-hydrogen) atoms. The molecule has 0 saturated heterocycles. The Balaban J connectivity index is 2.83. The van der Waals surface area contributed by atoms with E-state index in [9.17, 15) is 4.57 Å². The maximum Gasteiger partial charge on any atom is 0.316 e. The van der Waals surface area contributed by atoms with E-state index in [2.05, 4.69) is 4.52 Å². The molecule has 0 aromatic heterocycles. The van der Waals surface area contributed by atoms with E-state index in [0.717, 1.165) is 12.8 Å². The van der Waals surface area contributed by atoms with Crippen LogP contribution in [-0.2, 0) is 9.09 Å². The fourth-order valence-corrected chi connectivity index (χ4v) is 0.725. The van der Waals surface area contributed by atoms with Crippen molar-refractivity contribution in [3.8, 4) is 0 Å². The first kappa shape index (κ1) is 9.11. The Morgan fingerprint density at radius 3 is 2.67 bits per heavy atom. The standard InChI is InChI=1S/C4H12NO3P/c5-3-1-2-4-8-9(6)7/h9H,1-5H2,(H,6,7). The molecular formula is C4H12NO3P. The van der Waals surface area contributed by atoms with Crippen molar-refractivity contribution in [2.75, 3.05) is 13.2 Å². The van der Waals surface area contributed by atoms with E-state index in [1.54, 1.807) is 0 Å². The quantitative estimate of drug-likeness (QED) is 0.434. The highest BCUT2D eigenvalue weighted by molar-refractivity contribution is 7.32. The molecule has 0 saturated carbocycles. The molecule has 0 aliphatic rings. The molecule has 4 nitrogen and oxygen atoms in total. The third kappa shape index (κ3) is 8.11. The summed E-state index contributed by atoms with van der Waals surface area (Å²) in [4.78, 5) is 8.14. The van der Waals surface area contributed by atoms with Crippen LogP contribution in [0.25, 0.3) is 0 Å². The summed E-state index contributed by atoms with van der Waals surface area (Å²) < 4.78 is 14.3. The van der Waals surface area contributed by atoms with Gasteiger partial charge in [0.25, 0.3) is 0 Å². The Bertz CT molecular complexity index is 87.9. The molecular weight excluding hydrogens is 141 g/mol. The smallest absolute Gasteiger partial charge is 0.316 e. The van der Waals surface area contributed by atoms with Crippen molar-refractivity contribution in [2.24, 2.45) is 5.73 Å². The van der Waals surface area contributed by atoms with Crippen molar-refractivity contribution >= 4 is 8.25 Å². The Hall–Kier alpha value is 0.110. The SMILES string of the molecule is NCCCCO[PH](=O)O. The number of hydrogen-bond donors (Lipinski definition) is 2. The van der Waals surface area contributed by atoms with Crippen molar-refractivity contribution < 1.29 is 14.0 Å². The van der Waals surface area contributed by atoms with Gasteiger partial charge in [0.15, 0.2) is 0 Å². The molecule has 0 aromatic rings. The third-order valence-corrected chi connectivity index (χ3v) is 1.28. The first-order chi connectivity index (χ1) is 4.27. The van der Waals surface area contributed by atoms with Crippen molar-refractivity contribution in [1.82, 2.24) is 0 Å². The molecule has 0 aliphatic heterocycles. The molecule has 5 heteroatoms. The van der Waals surface area contributed by atoms with E-state index in [0.29, 0.717) is 13.2 Å². The van der Waals surface area contributed by atoms with E-state index < -0.39 is 8.25 Å². The van der Waals surface area contributed by atoms with Crippen LogP contribution in [0.4, 0.5) is 0 Å². The first-order valence-corrected chi connectivity index (χ1v) is 4.09. The predicted octanol–water partition coefficient (Wildman–Crippen LogP) is 0.124. The minimum Gasteiger partial charge on any atom is -0.330 e. The summed E-state index contributed by atoms with van der Waals surface area (Å²) in [7, 11) is -2.71. The van der Waals surface area contributed by atoms with Crippen LogP contribution in [-0.4, -0.2) is 18.0 Å². The maximum atomic E-state index is 9.89. The first-order valence-electron chi connectivity index (χ1n) is 2.83. The molecule has 0 aliphatic carbocycles. The van der Waals surface area contributed by atoms with E-state index in [4.69, 9.17) is 10.6 Å². The van der Waals surface area contributed by atoms with E-state index in [1.165, 1.54) is 0 Å². The average Bonchev–Trinajstić information content (AvgIpc) is 1.80. The lowest BCUT2D eigenvalue weighted by Crippen LogP contribution is -1.99. The van der Waals surface area contributed by atoms with E-state index in [1.807, 2.05) is 0 Å². The number of nitrogens with two attached hydrogens (primary N) is 1. The van der Waals surface area contributed by atoms with Crippen molar-refractivity contribution in [3.05, 3.63) is 0 Å². The maximum absolute atomic E-state index is 9.89. The highest BCUT2D eigenvalue weighted by Gasteiger charge is 1.89. The van der Waals surface area contributed by atoms with Gasteiger partial charge in [0.1, 0.15) is 0 Å². The molecule has 1 atom stereocenters. The topological polar surface area (TPSA) is 72.5 Å². The monoisotopic (exact) mass is 153 g/mol. The van der Waals surface area contributed by atoms with Crippen LogP contribution in [0.2, 0.25) is 0 Å². The summed E-state index contributed by atoms with van der Waals surface area (Å²) in [5, 5.41) is 0. The minimum absolute atomic E-state index is 0.339. The second-order valence-electron chi connectivity index (χ2n) is 1.61. The van der Waals surface area contributed by atoms with Gasteiger partial charge in [-0.05, 0) is 19.4 Å². The fourth-order valence-electron chi connectivity index (χ4n) is 0.406. The van der Waals surface area contributed by atoms with Gasteiger partial charge in [0, 0.05) is 0 Å². The van der Waals surface area contributed by atoms with Crippen LogP contribution in [0.15, 0.2) is 0 Å². The van der Waals surface area contributed by atoms with Crippen LogP contribution in [0, 0.1) is 0 Å². The summed E-state index contributed by atoms with van der Waals surface area (Å²) in [5.41, 5.74) is 5.16. The molecule has 0 amide bonds. The van der Waals surface area contributed by atoms with Crippen LogP contribution < -0.4 is 5.73 Å². The lowest BCUT2D eigenvalue weighted by Gasteiger charge is -1.96. The molecule has 0 bridgehead atoms. The highest BCUT2D eigenvalue weighted by atomic mass is 31.1. The Labute approximate surface area is 55.0 Å². The molecule has 0 fully saturated rings. The third-order valence-electron chi connectivity index (χ3n) is 0.824. The van der Waals surface area contributed by atoms with Gasteiger partial charge >= 0.3 is 8.25 Å². The van der Waals surface area contributed by atoms with Crippen LogP contribution >= 0.6 is 8.25 Å². The molecule has 3 N–H and O–H groups in total. The van der Waals surface area contributed by atoms with Gasteiger partial charge in [0.2, 0.25) is 0 Å². The molecule has 0 aromatic carbocycles. The number of hydrogen-bond acceptors (Lipinski definition) is 3. The fraction of sp³-hybridized carbons (Fsp3) is 1.00. The molecule has 0 heterocycles. The zero-order chi connectivity index (χ0) is 7.11. The van der Waals surface area contributed by atoms with Gasteiger partial charge in [-0.15, -0.1) is 0 Å². The zero-order valence-electron chi connectivity index (χ0n) is 5.17. The predicted molar refractivity (Wildman–Crippen MR) is 35.5 cm³/mol. The second kappa shape index (κ2) is 6.23. The second-order valence-corrected chi connectivity index (χ2v) is 2.43. The number of unbranched alkanes of at least 4 members (excludes halogenated alkanes) is 1. The normalized spacial score (nSPS) is 13.6. The number of rotatable bonds is 5. The summed E-state index contributed by atoms with van der Waals surface area (Å²) in [5.74, 6) is 0. The minimum atomic E-state index is -2.71. The van der Waals surface area contributed by atoms with Crippen LogP contribution in [0.1, 0.15) is 12.8 Å². The van der Waals surface area contributed by atoms with Crippen LogP contribution in [0.3, 0.4) is 0 Å². The summed E-state index contributed by atoms with van der Waals surface area (Å²) in [6, 6.07) is 0. The Morgan fingerprint density at radius 1 is 1.56 bits per heavy atom. The Kier molecular flexibility index (Phi) is 6.31. The lowest BCUT2D eigenvalue weighted by atomic mass is 10.3. The van der Waals surface area contributed by atoms with Gasteiger partial charge in [0.05, 0.1) is 6.61 Å². The van der Waals surface area contributed by atoms with Crippen LogP contribution in [0.5, 0.6) is 0 Å². The van der Waals surface area contributed by atoms with Gasteiger partial charge in [-0.2, -0.15) is 0 Å². The summed E-state index contributed by atoms with van der Waals surface area (Å²) in [6.07, 6.45) is 1.60. The van der Waals surface area contributed by atoms with E-state index in [-0.39, 0.29) is 0 Å². The van der Waals surface area contributed by atoms with Gasteiger partial charge in [-0.3, -0.25) is 4.57 Å². The molecule has 1 unspecified atom stereocenters. The van der Waals surface area contributed by atoms with Crippen molar-refractivity contribution in [3.63, 3.8) is 0 Å². The van der Waals surface area contributed by atoms with Crippen molar-refractivity contribution in [2.45, 2.75) is 12.8 Å². The molecule has 56 valence electrons. The summed E-state index contributed by atoms with van der Waals surface area (Å²) in [6.45, 7) is 0.946. The zero-order valence-corrected chi connectivity index (χ0v) is 6.17. The van der Waals surface area contributed by atoms with Gasteiger partial charge in [-0.25, -0.2) is 0 Å². The van der Waals surface area contributed by atoms with E-state index >= 15 is 0 Å². The lowest BCUT2D eigenvalue weighted by molar-refractivity contribution is 0.275. The average molecular weight is 153 g/mol. The Morgan fingerprint density at radius 2 is 2.22 bits per heavy atom. The highest BCUT2D eigenvalue weighted by Crippen LogP contribution is 2.14. The molecule has 0 spiro atoms. The largest absolute Gasteiger partial charge is 0.330 e. The van der Waals surface area contributed by atoms with Crippen molar-refractivity contribution in [1.29, 1.82) is 0 Å². The molecule has 0 radical (unpaired) electrons.